The summed E-state index contributed by atoms with van der Waals surface area (Å²) < 4.78 is 0. The number of imidazole rings is 1. The molecule has 4 heteroatoms. The molecule has 0 unspecified atom stereocenters. The summed E-state index contributed by atoms with van der Waals surface area (Å²) in [4.78, 5) is 8.69. The van der Waals surface area contributed by atoms with Crippen LogP contribution in [0, 0.1) is 0 Å². The van der Waals surface area contributed by atoms with Crippen LogP contribution in [0.25, 0.3) is 11.0 Å². The molecular formula is C9H9BrN2S. The molecule has 0 fully saturated rings. The van der Waals surface area contributed by atoms with Crippen molar-refractivity contribution in [1.29, 1.82) is 0 Å². The summed E-state index contributed by atoms with van der Waals surface area (Å²) in [6, 6.07) is 4.20. The van der Waals surface area contributed by atoms with Gasteiger partial charge in [-0.15, -0.1) is 11.8 Å². The zero-order valence-corrected chi connectivity index (χ0v) is 9.58. The average molecular weight is 257 g/mol. The van der Waals surface area contributed by atoms with Gasteiger partial charge in [0.2, 0.25) is 0 Å². The number of fused-ring (bicyclic) bond motifs is 1. The number of H-pyrrole nitrogens is 1. The normalized spacial score (nSPS) is 10.9. The zero-order chi connectivity index (χ0) is 9.26. The van der Waals surface area contributed by atoms with Crippen LogP contribution in [0.2, 0.25) is 0 Å². The van der Waals surface area contributed by atoms with Crippen molar-refractivity contribution in [1.82, 2.24) is 9.97 Å². The van der Waals surface area contributed by atoms with Crippen molar-refractivity contribution in [2.45, 2.75) is 10.2 Å². The molecule has 0 aliphatic carbocycles. The third-order valence-electron chi connectivity index (χ3n) is 2.01. The minimum Gasteiger partial charge on any atom is -0.345 e. The fraction of sp³-hybridized carbons (Fsp3) is 0.222. The molecule has 2 aromatic rings. The molecule has 0 saturated heterocycles. The maximum absolute atomic E-state index is 4.30. The first kappa shape index (κ1) is 9.09. The van der Waals surface area contributed by atoms with Crippen molar-refractivity contribution in [3.8, 4) is 0 Å². The first-order valence-corrected chi connectivity index (χ1v) is 6.26. The van der Waals surface area contributed by atoms with Crippen LogP contribution >= 0.6 is 27.7 Å². The Morgan fingerprint density at radius 2 is 2.38 bits per heavy atom. The predicted octanol–water partition coefficient (Wildman–Crippen LogP) is 3.18. The van der Waals surface area contributed by atoms with Crippen molar-refractivity contribution in [3.05, 3.63) is 24.0 Å². The number of rotatable bonds is 2. The van der Waals surface area contributed by atoms with E-state index in [1.807, 2.05) is 0 Å². The van der Waals surface area contributed by atoms with E-state index in [0.717, 1.165) is 16.4 Å². The topological polar surface area (TPSA) is 28.7 Å². The van der Waals surface area contributed by atoms with E-state index in [0.29, 0.717) is 0 Å². The molecule has 13 heavy (non-hydrogen) atoms. The second-order valence-electron chi connectivity index (χ2n) is 2.68. The highest BCUT2D eigenvalue weighted by Gasteiger charge is 2.07. The zero-order valence-electron chi connectivity index (χ0n) is 7.17. The quantitative estimate of drug-likeness (QED) is 0.661. The van der Waals surface area contributed by atoms with Gasteiger partial charge in [-0.2, -0.15) is 0 Å². The van der Waals surface area contributed by atoms with E-state index in [2.05, 4.69) is 44.3 Å². The number of thioether (sulfide) groups is 1. The highest BCUT2D eigenvalue weighted by atomic mass is 79.9. The first-order valence-electron chi connectivity index (χ1n) is 3.91. The van der Waals surface area contributed by atoms with Crippen LogP contribution in [0.15, 0.2) is 23.4 Å². The molecule has 1 aromatic heterocycles. The fourth-order valence-corrected chi connectivity index (χ4v) is 2.74. The lowest BCUT2D eigenvalue weighted by Gasteiger charge is -2.03. The lowest BCUT2D eigenvalue weighted by molar-refractivity contribution is 1.29. The van der Waals surface area contributed by atoms with Gasteiger partial charge in [0.05, 0.1) is 17.4 Å². The molecule has 0 atom stereocenters. The molecule has 0 aliphatic rings. The monoisotopic (exact) mass is 256 g/mol. The first-order chi connectivity index (χ1) is 6.36. The summed E-state index contributed by atoms with van der Waals surface area (Å²) in [5.74, 6) is 0. The molecule has 0 bridgehead atoms. The van der Waals surface area contributed by atoms with Crippen molar-refractivity contribution in [3.63, 3.8) is 0 Å². The number of nitrogens with zero attached hydrogens (tertiary/aromatic N) is 1. The van der Waals surface area contributed by atoms with Gasteiger partial charge in [-0.1, -0.05) is 15.9 Å². The van der Waals surface area contributed by atoms with Crippen LogP contribution in [0.4, 0.5) is 0 Å². The highest BCUT2D eigenvalue weighted by molar-refractivity contribution is 9.08. The van der Waals surface area contributed by atoms with E-state index in [4.69, 9.17) is 0 Å². The van der Waals surface area contributed by atoms with Crippen molar-refractivity contribution >= 4 is 38.7 Å². The highest BCUT2D eigenvalue weighted by Crippen LogP contribution is 2.28. The van der Waals surface area contributed by atoms with Crippen molar-refractivity contribution in [2.24, 2.45) is 0 Å². The van der Waals surface area contributed by atoms with E-state index < -0.39 is 0 Å². The summed E-state index contributed by atoms with van der Waals surface area (Å²) in [7, 11) is 0. The Labute approximate surface area is 89.3 Å². The Morgan fingerprint density at radius 3 is 3.08 bits per heavy atom. The number of alkyl halides is 1. The summed E-state index contributed by atoms with van der Waals surface area (Å²) in [6.45, 7) is 0. The number of aromatic amines is 1. The summed E-state index contributed by atoms with van der Waals surface area (Å²) in [6.07, 6.45) is 3.82. The summed E-state index contributed by atoms with van der Waals surface area (Å²) >= 11 is 5.24. The largest absolute Gasteiger partial charge is 0.345 e. The van der Waals surface area contributed by atoms with E-state index in [1.54, 1.807) is 18.1 Å². The molecule has 68 valence electrons. The fourth-order valence-electron chi connectivity index (χ4n) is 1.37. The third kappa shape index (κ3) is 1.48. The number of halogens is 1. The van der Waals surface area contributed by atoms with Crippen molar-refractivity contribution in [2.75, 3.05) is 6.26 Å². The standard InChI is InChI=1S/C9H9BrN2S/c1-13-8-3-2-7-9(6(8)4-10)12-5-11-7/h2-3,5H,4H2,1H3,(H,11,12). The SMILES string of the molecule is CSc1ccc2[nH]cnc2c1CBr. The molecule has 0 amide bonds. The van der Waals surface area contributed by atoms with Crippen molar-refractivity contribution < 1.29 is 0 Å². The van der Waals surface area contributed by atoms with Crippen LogP contribution in [-0.4, -0.2) is 16.2 Å². The summed E-state index contributed by atoms with van der Waals surface area (Å²) in [5, 5.41) is 0.853. The van der Waals surface area contributed by atoms with E-state index in [9.17, 15) is 0 Å². The Balaban J connectivity index is 2.74. The van der Waals surface area contributed by atoms with Crippen LogP contribution in [0.3, 0.4) is 0 Å². The molecule has 1 heterocycles. The van der Waals surface area contributed by atoms with Crippen LogP contribution in [-0.2, 0) is 5.33 Å². The molecule has 2 rings (SSSR count). The molecule has 0 saturated carbocycles. The average Bonchev–Trinajstić information content (AvgIpc) is 2.63. The second-order valence-corrected chi connectivity index (χ2v) is 4.09. The van der Waals surface area contributed by atoms with Gasteiger partial charge in [-0.3, -0.25) is 0 Å². The smallest absolute Gasteiger partial charge is 0.0934 e. The summed E-state index contributed by atoms with van der Waals surface area (Å²) in [5.41, 5.74) is 3.45. The molecule has 0 spiro atoms. The Kier molecular flexibility index (Phi) is 2.60. The molecule has 1 N–H and O–H groups in total. The molecule has 0 radical (unpaired) electrons. The number of hydrogen-bond donors (Lipinski definition) is 1. The van der Waals surface area contributed by atoms with Gasteiger partial charge in [0.25, 0.3) is 0 Å². The number of benzene rings is 1. The molecule has 0 aliphatic heterocycles. The van der Waals surface area contributed by atoms with Gasteiger partial charge < -0.3 is 4.98 Å². The van der Waals surface area contributed by atoms with Crippen LogP contribution < -0.4 is 0 Å². The number of hydrogen-bond acceptors (Lipinski definition) is 2. The molecule has 2 nitrogen and oxygen atoms in total. The van der Waals surface area contributed by atoms with E-state index in [-0.39, 0.29) is 0 Å². The molecule has 1 aromatic carbocycles. The van der Waals surface area contributed by atoms with Crippen LogP contribution in [0.1, 0.15) is 5.56 Å². The lowest BCUT2D eigenvalue weighted by Crippen LogP contribution is -1.85. The Morgan fingerprint density at radius 1 is 1.54 bits per heavy atom. The number of nitrogens with one attached hydrogen (secondary N) is 1. The van der Waals surface area contributed by atoms with Gasteiger partial charge in [0.15, 0.2) is 0 Å². The van der Waals surface area contributed by atoms with E-state index in [1.165, 1.54) is 10.5 Å². The predicted molar refractivity (Wildman–Crippen MR) is 60.5 cm³/mol. The minimum atomic E-state index is 0.853. The van der Waals surface area contributed by atoms with Gasteiger partial charge >= 0.3 is 0 Å². The van der Waals surface area contributed by atoms with Gasteiger partial charge in [0.1, 0.15) is 0 Å². The lowest BCUT2D eigenvalue weighted by atomic mass is 10.2. The minimum absolute atomic E-state index is 0.853. The molecular weight excluding hydrogens is 248 g/mol. The van der Waals surface area contributed by atoms with E-state index >= 15 is 0 Å². The third-order valence-corrected chi connectivity index (χ3v) is 3.39. The maximum Gasteiger partial charge on any atom is 0.0934 e. The number of aromatic nitrogens is 2. The van der Waals surface area contributed by atoms with Gasteiger partial charge in [-0.05, 0) is 18.4 Å². The Bertz CT molecular complexity index is 424. The maximum atomic E-state index is 4.30. The van der Waals surface area contributed by atoms with Gasteiger partial charge in [-0.25, -0.2) is 4.98 Å². The Hall–Kier alpha value is -0.480. The van der Waals surface area contributed by atoms with Gasteiger partial charge in [0, 0.05) is 15.8 Å². The van der Waals surface area contributed by atoms with Crippen LogP contribution in [0.5, 0.6) is 0 Å². The second kappa shape index (κ2) is 3.72.